The minimum Gasteiger partial charge on any atom is -0.748 e. The summed E-state index contributed by atoms with van der Waals surface area (Å²) in [7, 11) is -9.87. The van der Waals surface area contributed by atoms with E-state index in [2.05, 4.69) is 0 Å². The second-order valence-electron chi connectivity index (χ2n) is 12.5. The average Bonchev–Trinajstić information content (AvgIpc) is 3.44. The molecule has 1 aliphatic rings. The highest BCUT2D eigenvalue weighted by Gasteiger charge is 2.40. The van der Waals surface area contributed by atoms with Gasteiger partial charge in [-0.05, 0) is 61.2 Å². The van der Waals surface area contributed by atoms with Crippen molar-refractivity contribution in [1.82, 2.24) is 4.31 Å². The molecule has 17 heteroatoms. The fourth-order valence-electron chi connectivity index (χ4n) is 5.86. The van der Waals surface area contributed by atoms with Gasteiger partial charge in [0.05, 0.1) is 19.9 Å². The molecule has 0 atom stereocenters. The largest absolute Gasteiger partial charge is 0.748 e. The van der Waals surface area contributed by atoms with E-state index < -0.39 is 47.4 Å². The molecule has 0 spiro atoms. The van der Waals surface area contributed by atoms with Gasteiger partial charge in [0.15, 0.2) is 6.54 Å². The number of carboxylic acid groups (broad SMARTS) is 1. The monoisotopic (exact) mass is 754 g/mol. The molecule has 0 unspecified atom stereocenters. The molecule has 1 aliphatic heterocycles. The Morgan fingerprint density at radius 3 is 2.29 bits per heavy atom. The highest BCUT2D eigenvalue weighted by Crippen LogP contribution is 2.48. The minimum atomic E-state index is -4.70. The van der Waals surface area contributed by atoms with E-state index in [-0.39, 0.29) is 22.6 Å². The first kappa shape index (κ1) is 38.6. The Bertz CT molecular complexity index is 2120. The Labute approximate surface area is 291 Å². The van der Waals surface area contributed by atoms with Gasteiger partial charge in [-0.15, -0.1) is 0 Å². The number of sulfonamides is 1. The van der Waals surface area contributed by atoms with Crippen LogP contribution in [-0.2, 0) is 47.0 Å². The maximum Gasteiger partial charge on any atom is 0.303 e. The highest BCUT2D eigenvalue weighted by atomic mass is 32.2. The van der Waals surface area contributed by atoms with E-state index in [0.717, 1.165) is 26.2 Å². The third-order valence-electron chi connectivity index (χ3n) is 8.42. The highest BCUT2D eigenvalue weighted by molar-refractivity contribution is 7.89. The number of unbranched alkanes of at least 4 members (excludes halogenated alkanes) is 3. The van der Waals surface area contributed by atoms with Crippen LogP contribution in [0.15, 0.2) is 64.0 Å². The number of benzene rings is 2. The van der Waals surface area contributed by atoms with Gasteiger partial charge in [0, 0.05) is 68.2 Å². The normalized spacial score (nSPS) is 16.0. The number of allylic oxidation sites excluding steroid dienone is 3. The second-order valence-corrected chi connectivity index (χ2v) is 18.6. The van der Waals surface area contributed by atoms with Crippen molar-refractivity contribution in [2.24, 2.45) is 0 Å². The van der Waals surface area contributed by atoms with Crippen molar-refractivity contribution in [2.45, 2.75) is 74.1 Å². The number of anilines is 1. The number of carbonyl (C=O) groups is 1. The van der Waals surface area contributed by atoms with E-state index >= 15 is 0 Å². The van der Waals surface area contributed by atoms with Crippen LogP contribution in [0.5, 0.6) is 0 Å². The molecule has 2 aromatic carbocycles. The van der Waals surface area contributed by atoms with Crippen LogP contribution in [0, 0.1) is 0 Å². The molecule has 1 N–H and O–H groups in total. The molecule has 13 nitrogen and oxygen atoms in total. The van der Waals surface area contributed by atoms with Crippen LogP contribution in [0.25, 0.3) is 16.3 Å². The van der Waals surface area contributed by atoms with Gasteiger partial charge in [0.2, 0.25) is 15.5 Å². The summed E-state index contributed by atoms with van der Waals surface area (Å²) in [5, 5.41) is 9.75. The molecule has 0 aliphatic carbocycles. The Kier molecular flexibility index (Phi) is 11.8. The number of hydrogen-bond acceptors (Lipinski definition) is 11. The first-order valence-corrected chi connectivity index (χ1v) is 20.8. The molecule has 268 valence electrons. The molecular formula is C32H40N3O10S4-. The molecule has 0 bridgehead atoms. The maximum atomic E-state index is 12.8. The van der Waals surface area contributed by atoms with Crippen LogP contribution in [0.3, 0.4) is 0 Å². The number of rotatable bonds is 16. The molecule has 1 aromatic heterocycles. The van der Waals surface area contributed by atoms with Crippen LogP contribution < -0.4 is 9.47 Å². The van der Waals surface area contributed by atoms with E-state index in [1.807, 2.05) is 41.5 Å². The van der Waals surface area contributed by atoms with Gasteiger partial charge in [-0.2, -0.15) is 4.57 Å². The van der Waals surface area contributed by atoms with Crippen LogP contribution in [0.2, 0.25) is 0 Å². The van der Waals surface area contributed by atoms with Crippen molar-refractivity contribution >= 4 is 69.5 Å². The molecule has 0 saturated heterocycles. The summed E-state index contributed by atoms with van der Waals surface area (Å²) in [4.78, 5) is 12.8. The zero-order chi connectivity index (χ0) is 36.4. The van der Waals surface area contributed by atoms with Gasteiger partial charge >= 0.3 is 5.97 Å². The molecule has 2 heterocycles. The summed E-state index contributed by atoms with van der Waals surface area (Å²) in [6, 6.07) is 9.12. The molecular weight excluding hydrogens is 715 g/mol. The zero-order valence-corrected chi connectivity index (χ0v) is 30.9. The van der Waals surface area contributed by atoms with Gasteiger partial charge in [0.1, 0.15) is 14.8 Å². The summed E-state index contributed by atoms with van der Waals surface area (Å²) in [5.74, 6) is -1.36. The summed E-state index contributed by atoms with van der Waals surface area (Å²) in [5.41, 5.74) is 2.26. The summed E-state index contributed by atoms with van der Waals surface area (Å²) in [6.07, 6.45) is 8.01. The first-order chi connectivity index (χ1) is 22.7. The number of nitrogens with zero attached hydrogens (tertiary/aromatic N) is 3. The quantitative estimate of drug-likeness (QED) is 0.126. The first-order valence-electron chi connectivity index (χ1n) is 15.5. The average molecular weight is 755 g/mol. The lowest BCUT2D eigenvalue weighted by Gasteiger charge is -2.27. The van der Waals surface area contributed by atoms with E-state index in [1.165, 1.54) is 43.6 Å². The minimum absolute atomic E-state index is 0.0582. The van der Waals surface area contributed by atoms with Crippen molar-refractivity contribution in [1.29, 1.82) is 0 Å². The Morgan fingerprint density at radius 2 is 1.65 bits per heavy atom. The molecule has 0 saturated carbocycles. The molecule has 0 radical (unpaired) electrons. The topological polar surface area (TPSA) is 196 Å². The molecule has 0 fully saturated rings. The van der Waals surface area contributed by atoms with Crippen LogP contribution in [-0.4, -0.2) is 76.1 Å². The summed E-state index contributed by atoms with van der Waals surface area (Å²) in [6.45, 7) is 4.74. The summed E-state index contributed by atoms with van der Waals surface area (Å²) >= 11 is 1.35. The zero-order valence-electron chi connectivity index (χ0n) is 27.7. The van der Waals surface area contributed by atoms with Crippen molar-refractivity contribution in [2.75, 3.05) is 31.3 Å². The van der Waals surface area contributed by atoms with Crippen LogP contribution in [0.1, 0.15) is 62.9 Å². The van der Waals surface area contributed by atoms with Gasteiger partial charge in [-0.3, -0.25) is 4.79 Å². The number of fused-ring (bicyclic) bond motifs is 2. The predicted molar refractivity (Wildman–Crippen MR) is 185 cm³/mol. The number of aryl methyl sites for hydroxylation is 1. The fraction of sp³-hybridized carbons (Fsp3) is 0.438. The van der Waals surface area contributed by atoms with Crippen molar-refractivity contribution in [3.8, 4) is 0 Å². The maximum absolute atomic E-state index is 12.8. The third kappa shape index (κ3) is 9.14. The van der Waals surface area contributed by atoms with Gasteiger partial charge in [0.25, 0.3) is 5.01 Å². The van der Waals surface area contributed by atoms with E-state index in [0.29, 0.717) is 49.0 Å². The van der Waals surface area contributed by atoms with Gasteiger partial charge in [-0.1, -0.05) is 37.7 Å². The fourth-order valence-corrected chi connectivity index (χ4v) is 9.05. The van der Waals surface area contributed by atoms with E-state index in [4.69, 9.17) is 5.11 Å². The number of carboxylic acids is 1. The lowest BCUT2D eigenvalue weighted by atomic mass is 9.83. The molecule has 3 aromatic rings. The Balaban J connectivity index is 1.74. The van der Waals surface area contributed by atoms with Crippen molar-refractivity contribution < 1.29 is 48.8 Å². The molecule has 4 rings (SSSR count). The van der Waals surface area contributed by atoms with Crippen molar-refractivity contribution in [3.05, 3.63) is 64.8 Å². The second kappa shape index (κ2) is 15.0. The standard InChI is InChI=1S/C32H41N3O10S4/c1-32(2)25-21-24(49(43,44)45)15-16-26(25)34(18-7-5-6-13-31(36)37)29(32)11-10-12-30-35(19-8-9-20-47(38,39)40)27-17-14-23(22-28(27)46-30)48(41,42)33(3)4/h10-12,14-17,21-22H,5-9,13,18-20H2,1-4H3,(H2-,36,37,38,39,40,43,44,45)/p-1. The lowest BCUT2D eigenvalue weighted by Crippen LogP contribution is -2.35. The molecule has 49 heavy (non-hydrogen) atoms. The van der Waals surface area contributed by atoms with Crippen molar-refractivity contribution in [3.63, 3.8) is 0 Å². The third-order valence-corrected chi connectivity index (χ3v) is 13.0. The van der Waals surface area contributed by atoms with E-state index in [9.17, 15) is 39.2 Å². The molecule has 0 amide bonds. The SMILES string of the molecule is CN(C)S(=O)(=O)c1ccc2c(c1)sc(/C=C/C=C1/N(CCCCCC(=O)O)c3ccc(S(=O)(=O)[O-])cc3C1(C)C)[n+]2CCCCS(=O)(=O)[O-]. The number of thiazole rings is 1. The number of aromatic nitrogens is 1. The van der Waals surface area contributed by atoms with Gasteiger partial charge < -0.3 is 19.1 Å². The Morgan fingerprint density at radius 1 is 0.959 bits per heavy atom. The van der Waals surface area contributed by atoms with E-state index in [1.54, 1.807) is 18.2 Å². The Hall–Kier alpha value is -3.19. The lowest BCUT2D eigenvalue weighted by molar-refractivity contribution is -0.669. The number of hydrogen-bond donors (Lipinski definition) is 1. The van der Waals surface area contributed by atoms with Gasteiger partial charge in [-0.25, -0.2) is 29.6 Å². The number of aliphatic carboxylic acids is 1. The summed E-state index contributed by atoms with van der Waals surface area (Å²) < 4.78 is 98.5. The smallest absolute Gasteiger partial charge is 0.303 e. The van der Waals surface area contributed by atoms with Crippen LogP contribution in [0.4, 0.5) is 5.69 Å². The predicted octanol–water partition coefficient (Wildman–Crippen LogP) is 4.01. The van der Waals surface area contributed by atoms with Crippen LogP contribution >= 0.6 is 11.3 Å².